The topological polar surface area (TPSA) is 59.6 Å². The summed E-state index contributed by atoms with van der Waals surface area (Å²) in [6, 6.07) is 10.2. The van der Waals surface area contributed by atoms with Gasteiger partial charge in [0.1, 0.15) is 0 Å². The number of hydrogen-bond donors (Lipinski definition) is 2. The molecular formula is C12H17N3O. The molecule has 3 N–H and O–H groups in total. The number of rotatable bonds is 5. The molecule has 16 heavy (non-hydrogen) atoms. The molecule has 4 heteroatoms. The third-order valence-corrected chi connectivity index (χ3v) is 2.72. The van der Waals surface area contributed by atoms with E-state index in [1.54, 1.807) is 0 Å². The van der Waals surface area contributed by atoms with E-state index in [9.17, 15) is 0 Å². The first-order chi connectivity index (χ1) is 7.90. The van der Waals surface area contributed by atoms with Crippen molar-refractivity contribution in [2.24, 2.45) is 16.6 Å². The molecule has 1 aliphatic heterocycles. The van der Waals surface area contributed by atoms with E-state index in [1.165, 1.54) is 0 Å². The summed E-state index contributed by atoms with van der Waals surface area (Å²) in [5, 5.41) is 0. The predicted molar refractivity (Wildman–Crippen MR) is 64.1 cm³/mol. The van der Waals surface area contributed by atoms with Crippen molar-refractivity contribution in [2.75, 3.05) is 13.1 Å². The van der Waals surface area contributed by atoms with Crippen molar-refractivity contribution < 1.29 is 4.84 Å². The quantitative estimate of drug-likeness (QED) is 0.718. The summed E-state index contributed by atoms with van der Waals surface area (Å²) in [7, 11) is 0. The Balaban J connectivity index is 1.74. The van der Waals surface area contributed by atoms with Crippen LogP contribution in [0.5, 0.6) is 0 Å². The lowest BCUT2D eigenvalue weighted by molar-refractivity contribution is 0.0104. The summed E-state index contributed by atoms with van der Waals surface area (Å²) in [4.78, 5) is 9.63. The van der Waals surface area contributed by atoms with Gasteiger partial charge < -0.3 is 5.73 Å². The van der Waals surface area contributed by atoms with Crippen LogP contribution in [0.3, 0.4) is 0 Å². The Labute approximate surface area is 95.5 Å². The lowest BCUT2D eigenvalue weighted by atomic mass is 10.1. The minimum Gasteiger partial charge on any atom is -0.330 e. The highest BCUT2D eigenvalue weighted by Gasteiger charge is 2.22. The van der Waals surface area contributed by atoms with Gasteiger partial charge in [0.25, 0.3) is 0 Å². The van der Waals surface area contributed by atoms with Gasteiger partial charge in [-0.15, -0.1) is 0 Å². The molecule has 0 saturated carbocycles. The fourth-order valence-corrected chi connectivity index (χ4v) is 1.69. The fourth-order valence-electron chi connectivity index (χ4n) is 1.69. The lowest BCUT2D eigenvalue weighted by Gasteiger charge is -2.16. The molecule has 0 spiro atoms. The highest BCUT2D eigenvalue weighted by molar-refractivity contribution is 5.67. The molecule has 0 saturated heterocycles. The molecule has 1 aliphatic rings. The van der Waals surface area contributed by atoms with Crippen molar-refractivity contribution in [1.82, 2.24) is 5.48 Å². The summed E-state index contributed by atoms with van der Waals surface area (Å²) in [6.07, 6.45) is 1.88. The highest BCUT2D eigenvalue weighted by Crippen LogP contribution is 2.08. The van der Waals surface area contributed by atoms with Gasteiger partial charge in [0.05, 0.1) is 12.6 Å². The van der Waals surface area contributed by atoms with E-state index in [4.69, 9.17) is 10.6 Å². The maximum atomic E-state index is 5.63. The molecular weight excluding hydrogens is 202 g/mol. The zero-order valence-electron chi connectivity index (χ0n) is 9.17. The Hall–Kier alpha value is -1.23. The maximum absolute atomic E-state index is 5.63. The average molecular weight is 219 g/mol. The number of nitrogens with two attached hydrogens (primary N) is 1. The smallest absolute Gasteiger partial charge is 0.0933 e. The fraction of sp³-hybridized carbons (Fsp3) is 0.417. The van der Waals surface area contributed by atoms with Gasteiger partial charge in [-0.05, 0) is 12.1 Å². The SMILES string of the molecule is NCC1CN=CC1NOCc1ccccc1. The number of nitrogens with zero attached hydrogens (tertiary/aromatic N) is 1. The van der Waals surface area contributed by atoms with Gasteiger partial charge in [-0.1, -0.05) is 30.3 Å². The van der Waals surface area contributed by atoms with E-state index in [-0.39, 0.29) is 6.04 Å². The van der Waals surface area contributed by atoms with Gasteiger partial charge >= 0.3 is 0 Å². The van der Waals surface area contributed by atoms with E-state index < -0.39 is 0 Å². The normalized spacial score (nSPS) is 23.8. The van der Waals surface area contributed by atoms with Crippen LogP contribution in [-0.2, 0) is 11.4 Å². The second kappa shape index (κ2) is 5.75. The molecule has 0 radical (unpaired) electrons. The molecule has 2 atom stereocenters. The Morgan fingerprint density at radius 3 is 2.94 bits per heavy atom. The second-order valence-electron chi connectivity index (χ2n) is 3.93. The van der Waals surface area contributed by atoms with Gasteiger partial charge in [0.15, 0.2) is 0 Å². The monoisotopic (exact) mass is 219 g/mol. The predicted octanol–water partition coefficient (Wildman–Crippen LogP) is 0.736. The van der Waals surface area contributed by atoms with Gasteiger partial charge in [-0.25, -0.2) is 0 Å². The van der Waals surface area contributed by atoms with E-state index in [0.717, 1.165) is 12.1 Å². The molecule has 1 heterocycles. The number of benzene rings is 1. The number of hydroxylamine groups is 1. The van der Waals surface area contributed by atoms with Gasteiger partial charge in [0, 0.05) is 18.7 Å². The summed E-state index contributed by atoms with van der Waals surface area (Å²) in [5.41, 5.74) is 9.78. The number of aliphatic imine (C=N–C) groups is 1. The zero-order valence-corrected chi connectivity index (χ0v) is 9.17. The van der Waals surface area contributed by atoms with E-state index in [1.807, 2.05) is 36.5 Å². The van der Waals surface area contributed by atoms with Gasteiger partial charge in [0.2, 0.25) is 0 Å². The van der Waals surface area contributed by atoms with Crippen molar-refractivity contribution in [3.05, 3.63) is 35.9 Å². The lowest BCUT2D eigenvalue weighted by Crippen LogP contribution is -2.39. The third kappa shape index (κ3) is 2.88. The van der Waals surface area contributed by atoms with Gasteiger partial charge in [-0.2, -0.15) is 5.48 Å². The molecule has 86 valence electrons. The molecule has 0 fully saturated rings. The Morgan fingerprint density at radius 2 is 2.19 bits per heavy atom. The molecule has 2 rings (SSSR count). The molecule has 4 nitrogen and oxygen atoms in total. The highest BCUT2D eigenvalue weighted by atomic mass is 16.6. The first-order valence-corrected chi connectivity index (χ1v) is 5.51. The largest absolute Gasteiger partial charge is 0.330 e. The van der Waals surface area contributed by atoms with Crippen LogP contribution in [0, 0.1) is 5.92 Å². The van der Waals surface area contributed by atoms with Crippen molar-refractivity contribution in [3.63, 3.8) is 0 Å². The molecule has 2 unspecified atom stereocenters. The van der Waals surface area contributed by atoms with Crippen LogP contribution < -0.4 is 11.2 Å². The minimum atomic E-state index is 0.147. The maximum Gasteiger partial charge on any atom is 0.0933 e. The van der Waals surface area contributed by atoms with Crippen LogP contribution in [0.4, 0.5) is 0 Å². The van der Waals surface area contributed by atoms with Crippen LogP contribution in [-0.4, -0.2) is 25.3 Å². The van der Waals surface area contributed by atoms with Crippen molar-refractivity contribution in [2.45, 2.75) is 12.6 Å². The average Bonchev–Trinajstić information content (AvgIpc) is 2.78. The van der Waals surface area contributed by atoms with Crippen molar-refractivity contribution in [3.8, 4) is 0 Å². The minimum absolute atomic E-state index is 0.147. The van der Waals surface area contributed by atoms with E-state index in [2.05, 4.69) is 10.5 Å². The van der Waals surface area contributed by atoms with Crippen LogP contribution >= 0.6 is 0 Å². The van der Waals surface area contributed by atoms with Crippen molar-refractivity contribution >= 4 is 6.21 Å². The standard InChI is InChI=1S/C12H17N3O/c13-6-11-7-14-8-12(11)15-16-9-10-4-2-1-3-5-10/h1-5,8,11-12,15H,6-7,9,13H2. The molecule has 1 aromatic rings. The first kappa shape index (κ1) is 11.3. The third-order valence-electron chi connectivity index (χ3n) is 2.72. The van der Waals surface area contributed by atoms with Crippen LogP contribution in [0.25, 0.3) is 0 Å². The molecule has 1 aromatic carbocycles. The van der Waals surface area contributed by atoms with Gasteiger partial charge in [-0.3, -0.25) is 9.83 Å². The molecule has 0 aromatic heterocycles. The Bertz CT molecular complexity index is 339. The Kier molecular flexibility index (Phi) is 4.04. The number of nitrogens with one attached hydrogen (secondary N) is 1. The summed E-state index contributed by atoms with van der Waals surface area (Å²) in [5.74, 6) is 0.357. The van der Waals surface area contributed by atoms with Crippen LogP contribution in [0.1, 0.15) is 5.56 Å². The van der Waals surface area contributed by atoms with Crippen LogP contribution in [0.15, 0.2) is 35.3 Å². The molecule has 0 bridgehead atoms. The molecule has 0 amide bonds. The Morgan fingerprint density at radius 1 is 1.38 bits per heavy atom. The second-order valence-corrected chi connectivity index (χ2v) is 3.93. The van der Waals surface area contributed by atoms with Crippen molar-refractivity contribution in [1.29, 1.82) is 0 Å². The van der Waals surface area contributed by atoms with Crippen LogP contribution in [0.2, 0.25) is 0 Å². The van der Waals surface area contributed by atoms with E-state index in [0.29, 0.717) is 19.1 Å². The summed E-state index contributed by atoms with van der Waals surface area (Å²) >= 11 is 0. The van der Waals surface area contributed by atoms with E-state index >= 15 is 0 Å². The number of hydrogen-bond acceptors (Lipinski definition) is 4. The molecule has 0 aliphatic carbocycles. The zero-order chi connectivity index (χ0) is 11.2. The summed E-state index contributed by atoms with van der Waals surface area (Å²) < 4.78 is 0. The summed E-state index contributed by atoms with van der Waals surface area (Å²) in [6.45, 7) is 1.98. The first-order valence-electron chi connectivity index (χ1n) is 5.51.